The third kappa shape index (κ3) is 13.2. The van der Waals surface area contributed by atoms with Gasteiger partial charge in [0.15, 0.2) is 12.6 Å². The van der Waals surface area contributed by atoms with Gasteiger partial charge < -0.3 is 77.8 Å². The molecule has 0 bridgehead atoms. The summed E-state index contributed by atoms with van der Waals surface area (Å²) in [4.78, 5) is 0. The standard InChI is InChI=1S/C26H53N5O10.5ClH/c1-2-3-4-5-6-7-8-31-11-15-17(32)16(30)19(34)25(39-15)40-23-12(28)9-13(29)24(22(23)37)41-26-21(36)20(35)18(33)14(10-27)38-26;;;;;/h12-26,31-37H,2-11,27-30H2,1H3;5*1H/t12-,13+,14-,15-,16+,17-,18-,19-,20+,21-,22-,23+,24-,25-,26-;;;;;/m1...../s1. The van der Waals surface area contributed by atoms with E-state index >= 15 is 0 Å². The van der Waals surface area contributed by atoms with Gasteiger partial charge in [-0.1, -0.05) is 39.0 Å². The van der Waals surface area contributed by atoms with E-state index in [4.69, 9.17) is 41.9 Å². The lowest BCUT2D eigenvalue weighted by Gasteiger charge is -2.48. The van der Waals surface area contributed by atoms with E-state index in [0.29, 0.717) is 0 Å². The molecule has 0 aromatic rings. The number of halogens is 5. The summed E-state index contributed by atoms with van der Waals surface area (Å²) in [6, 6.07) is -2.67. The van der Waals surface area contributed by atoms with Crippen LogP contribution in [0.3, 0.4) is 0 Å². The van der Waals surface area contributed by atoms with Crippen LogP contribution in [0, 0.1) is 0 Å². The van der Waals surface area contributed by atoms with Crippen molar-refractivity contribution in [1.82, 2.24) is 5.32 Å². The van der Waals surface area contributed by atoms with Gasteiger partial charge in [-0.3, -0.25) is 0 Å². The fraction of sp³-hybridized carbons (Fsp3) is 1.00. The lowest BCUT2D eigenvalue weighted by atomic mass is 9.84. The Balaban J connectivity index is -0.00000370. The highest BCUT2D eigenvalue weighted by Gasteiger charge is 2.51. The average Bonchev–Trinajstić information content (AvgIpc) is 2.95. The largest absolute Gasteiger partial charge is 0.389 e. The van der Waals surface area contributed by atoms with E-state index in [1.54, 1.807) is 0 Å². The van der Waals surface area contributed by atoms with Crippen LogP contribution >= 0.6 is 62.0 Å². The summed E-state index contributed by atoms with van der Waals surface area (Å²) in [5.41, 5.74) is 24.2. The van der Waals surface area contributed by atoms with Gasteiger partial charge in [-0.05, 0) is 19.4 Å². The molecule has 0 radical (unpaired) electrons. The number of unbranched alkanes of at least 4 members (excludes halogenated alkanes) is 5. The predicted molar refractivity (Wildman–Crippen MR) is 183 cm³/mol. The fourth-order valence-corrected chi connectivity index (χ4v) is 5.69. The molecule has 15 atom stereocenters. The van der Waals surface area contributed by atoms with Crippen molar-refractivity contribution < 1.29 is 49.6 Å². The molecule has 3 aliphatic rings. The number of aliphatic hydroxyl groups is 6. The molecule has 15 nitrogen and oxygen atoms in total. The molecule has 282 valence electrons. The monoisotopic (exact) mass is 775 g/mol. The van der Waals surface area contributed by atoms with E-state index in [1.165, 1.54) is 25.7 Å². The summed E-state index contributed by atoms with van der Waals surface area (Å²) in [5.74, 6) is 0. The fourth-order valence-electron chi connectivity index (χ4n) is 5.69. The third-order valence-electron chi connectivity index (χ3n) is 8.35. The van der Waals surface area contributed by atoms with Crippen molar-refractivity contribution in [1.29, 1.82) is 0 Å². The van der Waals surface area contributed by atoms with Crippen molar-refractivity contribution in [2.45, 2.75) is 144 Å². The van der Waals surface area contributed by atoms with Gasteiger partial charge in [0.05, 0.1) is 12.1 Å². The van der Waals surface area contributed by atoms with Crippen LogP contribution in [-0.2, 0) is 18.9 Å². The zero-order valence-corrected chi connectivity index (χ0v) is 30.0. The van der Waals surface area contributed by atoms with Gasteiger partial charge in [-0.25, -0.2) is 0 Å². The number of hydrogen-bond acceptors (Lipinski definition) is 15. The molecule has 20 heteroatoms. The molecule has 0 amide bonds. The maximum absolute atomic E-state index is 11.2. The number of nitrogens with two attached hydrogens (primary N) is 4. The number of ether oxygens (including phenoxy) is 4. The van der Waals surface area contributed by atoms with E-state index in [2.05, 4.69) is 12.2 Å². The Labute approximate surface area is 302 Å². The lowest BCUT2D eigenvalue weighted by Crippen LogP contribution is -2.68. The normalized spacial score (nSPS) is 40.6. The highest BCUT2D eigenvalue weighted by Crippen LogP contribution is 2.31. The molecule has 15 N–H and O–H groups in total. The maximum atomic E-state index is 11.2. The molecule has 0 unspecified atom stereocenters. The molecular formula is C26H58Cl5N5O10. The van der Waals surface area contributed by atoms with Crippen molar-refractivity contribution in [3.8, 4) is 0 Å². The summed E-state index contributed by atoms with van der Waals surface area (Å²) in [7, 11) is 0. The van der Waals surface area contributed by atoms with Crippen molar-refractivity contribution in [3.05, 3.63) is 0 Å². The molecule has 0 aromatic carbocycles. The second-order valence-corrected chi connectivity index (χ2v) is 11.6. The Morgan fingerprint density at radius 1 is 0.630 bits per heavy atom. The van der Waals surface area contributed by atoms with Crippen molar-refractivity contribution >= 4 is 62.0 Å². The molecule has 2 saturated heterocycles. The van der Waals surface area contributed by atoms with Crippen LogP contribution in [0.5, 0.6) is 0 Å². The molecular weight excluding hydrogens is 720 g/mol. The summed E-state index contributed by atoms with van der Waals surface area (Å²) < 4.78 is 23.2. The van der Waals surface area contributed by atoms with E-state index < -0.39 is 91.7 Å². The van der Waals surface area contributed by atoms with Gasteiger partial charge in [-0.2, -0.15) is 0 Å². The molecule has 3 rings (SSSR count). The van der Waals surface area contributed by atoms with Crippen LogP contribution in [0.15, 0.2) is 0 Å². The second-order valence-electron chi connectivity index (χ2n) is 11.6. The first-order valence-electron chi connectivity index (χ1n) is 14.9. The molecule has 46 heavy (non-hydrogen) atoms. The van der Waals surface area contributed by atoms with Gasteiger partial charge in [0, 0.05) is 25.2 Å². The van der Waals surface area contributed by atoms with Crippen molar-refractivity contribution in [3.63, 3.8) is 0 Å². The van der Waals surface area contributed by atoms with Crippen LogP contribution in [0.2, 0.25) is 0 Å². The molecule has 1 saturated carbocycles. The predicted octanol–water partition coefficient (Wildman–Crippen LogP) is -2.22. The summed E-state index contributed by atoms with van der Waals surface area (Å²) in [6.07, 6.45) is -8.57. The molecule has 0 spiro atoms. The summed E-state index contributed by atoms with van der Waals surface area (Å²) in [5, 5.41) is 66.4. The van der Waals surface area contributed by atoms with Crippen LogP contribution in [0.25, 0.3) is 0 Å². The minimum atomic E-state index is -1.64. The van der Waals surface area contributed by atoms with E-state index in [1.807, 2.05) is 0 Å². The highest BCUT2D eigenvalue weighted by molar-refractivity contribution is 5.86. The van der Waals surface area contributed by atoms with Gasteiger partial charge in [0.2, 0.25) is 0 Å². The van der Waals surface area contributed by atoms with Gasteiger partial charge in [0.1, 0.15) is 54.9 Å². The molecule has 2 aliphatic heterocycles. The zero-order valence-electron chi connectivity index (χ0n) is 25.9. The number of nitrogens with one attached hydrogen (secondary N) is 1. The first-order chi connectivity index (χ1) is 19.5. The van der Waals surface area contributed by atoms with Crippen molar-refractivity contribution in [2.24, 2.45) is 22.9 Å². The SMILES string of the molecule is CCCCCCCCNC[C@H]1O[C@H](O[C@@H]2[C@@H](O)[C@H](O[C@H]3O[C@H](CN)[C@@H](O)[C@H](O)[C@H]3O)[C@@H](N)C[C@H]2N)[C@H](O)[C@@H](N)[C@@H]1O.Cl.Cl.Cl.Cl.Cl. The molecule has 0 aromatic heterocycles. The zero-order chi connectivity index (χ0) is 30.3. The minimum absolute atomic E-state index is 0. The first-order valence-corrected chi connectivity index (χ1v) is 14.9. The third-order valence-corrected chi connectivity index (χ3v) is 8.35. The number of rotatable bonds is 14. The first kappa shape index (κ1) is 51.2. The van der Waals surface area contributed by atoms with Crippen LogP contribution in [0.1, 0.15) is 51.9 Å². The van der Waals surface area contributed by atoms with E-state index in [9.17, 15) is 30.6 Å². The van der Waals surface area contributed by atoms with Crippen molar-refractivity contribution in [2.75, 3.05) is 19.6 Å². The molecule has 2 heterocycles. The molecule has 3 fully saturated rings. The molecule has 1 aliphatic carbocycles. The summed E-state index contributed by atoms with van der Waals surface area (Å²) >= 11 is 0. The van der Waals surface area contributed by atoms with Crippen LogP contribution in [0.4, 0.5) is 0 Å². The van der Waals surface area contributed by atoms with Gasteiger partial charge >= 0.3 is 0 Å². The second kappa shape index (κ2) is 24.9. The highest BCUT2D eigenvalue weighted by atomic mass is 35.5. The number of hydrogen-bond donors (Lipinski definition) is 11. The maximum Gasteiger partial charge on any atom is 0.187 e. The Bertz CT molecular complexity index is 782. The Kier molecular flexibility index (Phi) is 27.7. The Hall–Kier alpha value is 0.850. The Morgan fingerprint density at radius 3 is 1.67 bits per heavy atom. The lowest BCUT2D eigenvalue weighted by molar-refractivity contribution is -0.330. The van der Waals surface area contributed by atoms with Crippen LogP contribution < -0.4 is 28.3 Å². The van der Waals surface area contributed by atoms with E-state index in [-0.39, 0.29) is 81.5 Å². The van der Waals surface area contributed by atoms with Gasteiger partial charge in [0.25, 0.3) is 0 Å². The smallest absolute Gasteiger partial charge is 0.187 e. The Morgan fingerprint density at radius 2 is 1.13 bits per heavy atom. The van der Waals surface area contributed by atoms with Crippen LogP contribution in [-0.4, -0.2) is 142 Å². The van der Waals surface area contributed by atoms with E-state index in [0.717, 1.165) is 19.4 Å². The van der Waals surface area contributed by atoms with Gasteiger partial charge in [-0.15, -0.1) is 62.0 Å². The summed E-state index contributed by atoms with van der Waals surface area (Å²) in [6.45, 7) is 3.03. The average molecular weight is 778 g/mol. The minimum Gasteiger partial charge on any atom is -0.389 e. The number of aliphatic hydroxyl groups excluding tert-OH is 6. The quantitative estimate of drug-likeness (QED) is 0.0834. The topological polar surface area (TPSA) is 274 Å².